The summed E-state index contributed by atoms with van der Waals surface area (Å²) in [5.74, 6) is 1.79. The Kier molecular flexibility index (Phi) is 9.63. The lowest BCUT2D eigenvalue weighted by molar-refractivity contribution is 1.07. The third kappa shape index (κ3) is 6.99. The molecule has 0 atom stereocenters. The van der Waals surface area contributed by atoms with Crippen molar-refractivity contribution in [3.8, 4) is 73.2 Å². The highest BCUT2D eigenvalue weighted by molar-refractivity contribution is 6.15. The molecule has 8 aromatic carbocycles. The number of fused-ring (bicyclic) bond motifs is 3. The summed E-state index contributed by atoms with van der Waals surface area (Å²) in [4.78, 5) is 21.9. The Labute approximate surface area is 366 Å². The van der Waals surface area contributed by atoms with Crippen molar-refractivity contribution in [3.05, 3.63) is 225 Å². The molecule has 0 aliphatic carbocycles. The highest BCUT2D eigenvalue weighted by Crippen LogP contribution is 2.42. The molecule has 0 spiro atoms. The third-order valence-corrected chi connectivity index (χ3v) is 11.8. The number of hydrogen-bond acceptors (Lipinski definition) is 5. The van der Waals surface area contributed by atoms with Crippen molar-refractivity contribution in [2.45, 2.75) is 0 Å². The molecule has 6 heteroatoms. The number of benzene rings is 8. The van der Waals surface area contributed by atoms with Crippen molar-refractivity contribution < 1.29 is 0 Å². The van der Waals surface area contributed by atoms with Crippen LogP contribution in [0.4, 0.5) is 11.4 Å². The summed E-state index contributed by atoms with van der Waals surface area (Å²) in [7, 11) is 2.14. The molecule has 0 N–H and O–H groups in total. The molecule has 298 valence electrons. The second-order valence-corrected chi connectivity index (χ2v) is 15.6. The van der Waals surface area contributed by atoms with Gasteiger partial charge in [-0.05, 0) is 70.8 Å². The first kappa shape index (κ1) is 37.5. The van der Waals surface area contributed by atoms with Gasteiger partial charge in [-0.25, -0.2) is 15.0 Å². The van der Waals surface area contributed by atoms with Gasteiger partial charge in [0.25, 0.3) is 0 Å². The van der Waals surface area contributed by atoms with Gasteiger partial charge < -0.3 is 9.47 Å². The van der Waals surface area contributed by atoms with Gasteiger partial charge in [-0.3, -0.25) is 4.98 Å². The van der Waals surface area contributed by atoms with Crippen LogP contribution in [0.1, 0.15) is 0 Å². The number of rotatable bonds is 9. The number of pyridine rings is 1. The molecule has 3 heterocycles. The molecule has 0 saturated heterocycles. The van der Waals surface area contributed by atoms with E-state index in [-0.39, 0.29) is 0 Å². The molecule has 0 radical (unpaired) electrons. The fourth-order valence-corrected chi connectivity index (χ4v) is 8.73. The zero-order valence-corrected chi connectivity index (χ0v) is 34.5. The van der Waals surface area contributed by atoms with Crippen molar-refractivity contribution in [1.29, 1.82) is 0 Å². The van der Waals surface area contributed by atoms with E-state index >= 15 is 0 Å². The van der Waals surface area contributed by atoms with Crippen LogP contribution in [0, 0.1) is 0 Å². The topological polar surface area (TPSA) is 59.7 Å². The maximum Gasteiger partial charge on any atom is 0.165 e. The largest absolute Gasteiger partial charge is 0.344 e. The average molecular weight is 809 g/mol. The van der Waals surface area contributed by atoms with Crippen molar-refractivity contribution in [3.63, 3.8) is 0 Å². The summed E-state index contributed by atoms with van der Waals surface area (Å²) < 4.78 is 2.37. The number of para-hydroxylation sites is 3. The lowest BCUT2D eigenvalue weighted by Gasteiger charge is -2.24. The van der Waals surface area contributed by atoms with Gasteiger partial charge in [0.2, 0.25) is 0 Å². The van der Waals surface area contributed by atoms with Gasteiger partial charge >= 0.3 is 0 Å². The van der Waals surface area contributed by atoms with Crippen molar-refractivity contribution in [1.82, 2.24) is 24.5 Å². The average Bonchev–Trinajstić information content (AvgIpc) is 3.71. The van der Waals surface area contributed by atoms with Gasteiger partial charge in [-0.2, -0.15) is 0 Å². The molecule has 0 amide bonds. The maximum absolute atomic E-state index is 4.98. The molecule has 0 aliphatic rings. The second-order valence-electron chi connectivity index (χ2n) is 15.6. The predicted molar refractivity (Wildman–Crippen MR) is 259 cm³/mol. The van der Waals surface area contributed by atoms with Crippen LogP contribution in [-0.4, -0.2) is 31.6 Å². The summed E-state index contributed by atoms with van der Waals surface area (Å²) in [5, 5.41) is 2.49. The molecular weight excluding hydrogens is 769 g/mol. The first-order valence-electron chi connectivity index (χ1n) is 21.1. The van der Waals surface area contributed by atoms with Gasteiger partial charge in [-0.1, -0.05) is 164 Å². The van der Waals surface area contributed by atoms with Gasteiger partial charge in [0.1, 0.15) is 0 Å². The summed E-state index contributed by atoms with van der Waals surface area (Å²) in [6.07, 6.45) is 3.75. The van der Waals surface area contributed by atoms with E-state index in [0.717, 1.165) is 56.0 Å². The van der Waals surface area contributed by atoms with Gasteiger partial charge in [0.05, 0.1) is 11.0 Å². The molecule has 3 aromatic heterocycles. The minimum atomic E-state index is 0.566. The molecular formula is C57H40N6. The molecule has 0 aliphatic heterocycles. The van der Waals surface area contributed by atoms with E-state index in [2.05, 4.69) is 168 Å². The van der Waals surface area contributed by atoms with Gasteiger partial charge in [0.15, 0.2) is 17.5 Å². The first-order valence-corrected chi connectivity index (χ1v) is 21.1. The lowest BCUT2D eigenvalue weighted by atomic mass is 9.93. The maximum atomic E-state index is 4.98. The van der Waals surface area contributed by atoms with Crippen LogP contribution >= 0.6 is 0 Å². The standard InChI is InChI=1S/C57H40N6/c1-62(44-34-32-39(33-35-44)47-28-17-31-53-54(47)50-27-14-16-30-52(50)63(53)45-22-9-4-10-23-45)51-29-15-13-26-49(51)48-25-12-11-24-46(48)42-36-43(38-58-37-42)57-60-55(40-18-5-2-6-19-40)59-56(61-57)41-20-7-3-8-21-41/h2-38H,1H3. The highest BCUT2D eigenvalue weighted by Gasteiger charge is 2.19. The molecule has 11 aromatic rings. The van der Waals surface area contributed by atoms with Crippen molar-refractivity contribution in [2.24, 2.45) is 0 Å². The molecule has 11 rings (SSSR count). The van der Waals surface area contributed by atoms with Gasteiger partial charge in [0, 0.05) is 75.1 Å². The van der Waals surface area contributed by atoms with Crippen LogP contribution in [0.3, 0.4) is 0 Å². The third-order valence-electron chi connectivity index (χ3n) is 11.8. The minimum Gasteiger partial charge on any atom is -0.344 e. The van der Waals surface area contributed by atoms with E-state index in [1.54, 1.807) is 0 Å². The van der Waals surface area contributed by atoms with Crippen LogP contribution in [0.15, 0.2) is 225 Å². The zero-order chi connectivity index (χ0) is 42.1. The lowest BCUT2D eigenvalue weighted by Crippen LogP contribution is -2.10. The van der Waals surface area contributed by atoms with E-state index in [1.165, 1.54) is 32.9 Å². The first-order chi connectivity index (χ1) is 31.2. The molecule has 0 unspecified atom stereocenters. The van der Waals surface area contributed by atoms with Crippen molar-refractivity contribution in [2.75, 3.05) is 11.9 Å². The normalized spacial score (nSPS) is 11.3. The Balaban J connectivity index is 0.948. The Bertz CT molecular complexity index is 3340. The van der Waals surface area contributed by atoms with Crippen LogP contribution in [-0.2, 0) is 0 Å². The summed E-state index contributed by atoms with van der Waals surface area (Å²) >= 11 is 0. The summed E-state index contributed by atoms with van der Waals surface area (Å²) in [6, 6.07) is 74.2. The number of hydrogen-bond donors (Lipinski definition) is 0. The minimum absolute atomic E-state index is 0.566. The fourth-order valence-electron chi connectivity index (χ4n) is 8.73. The molecule has 0 fully saturated rings. The van der Waals surface area contributed by atoms with Crippen LogP contribution in [0.5, 0.6) is 0 Å². The smallest absolute Gasteiger partial charge is 0.165 e. The van der Waals surface area contributed by atoms with Crippen LogP contribution in [0.25, 0.3) is 95.0 Å². The number of anilines is 2. The van der Waals surface area contributed by atoms with E-state index in [0.29, 0.717) is 17.5 Å². The zero-order valence-electron chi connectivity index (χ0n) is 34.5. The summed E-state index contributed by atoms with van der Waals surface area (Å²) in [5.41, 5.74) is 15.0. The Hall–Kier alpha value is -8.48. The fraction of sp³-hybridized carbons (Fsp3) is 0.0175. The van der Waals surface area contributed by atoms with E-state index in [1.807, 2.05) is 73.1 Å². The summed E-state index contributed by atoms with van der Waals surface area (Å²) in [6.45, 7) is 0. The van der Waals surface area contributed by atoms with E-state index in [9.17, 15) is 0 Å². The highest BCUT2D eigenvalue weighted by atomic mass is 15.1. The molecule has 0 bridgehead atoms. The predicted octanol–water partition coefficient (Wildman–Crippen LogP) is 14.1. The molecule has 63 heavy (non-hydrogen) atoms. The number of aromatic nitrogens is 5. The Morgan fingerprint density at radius 3 is 1.60 bits per heavy atom. The Morgan fingerprint density at radius 2 is 0.905 bits per heavy atom. The van der Waals surface area contributed by atoms with Crippen LogP contribution in [0.2, 0.25) is 0 Å². The van der Waals surface area contributed by atoms with E-state index < -0.39 is 0 Å². The second kappa shape index (κ2) is 16.2. The van der Waals surface area contributed by atoms with Crippen LogP contribution < -0.4 is 4.90 Å². The molecule has 0 saturated carbocycles. The molecule has 6 nitrogen and oxygen atoms in total. The van der Waals surface area contributed by atoms with Gasteiger partial charge in [-0.15, -0.1) is 0 Å². The quantitative estimate of drug-likeness (QED) is 0.145. The SMILES string of the molecule is CN(c1ccc(-c2cccc3c2c2ccccc2n3-c2ccccc2)cc1)c1ccccc1-c1ccccc1-c1cncc(-c2nc(-c3ccccc3)nc(-c3ccccc3)n2)c1. The number of nitrogens with zero attached hydrogens (tertiary/aromatic N) is 6. The monoisotopic (exact) mass is 808 g/mol. The Morgan fingerprint density at radius 1 is 0.381 bits per heavy atom. The van der Waals surface area contributed by atoms with E-state index in [4.69, 9.17) is 19.9 Å². The van der Waals surface area contributed by atoms with Crippen molar-refractivity contribution >= 4 is 33.2 Å².